The van der Waals surface area contributed by atoms with Crippen LogP contribution in [0.15, 0.2) is 0 Å². The molecule has 1 aliphatic heterocycles. The summed E-state index contributed by atoms with van der Waals surface area (Å²) in [5, 5.41) is 12.5. The van der Waals surface area contributed by atoms with Crippen molar-refractivity contribution in [2.24, 2.45) is 0 Å². The lowest BCUT2D eigenvalue weighted by atomic mass is 10.1. The van der Waals surface area contributed by atoms with Gasteiger partial charge in [0.25, 0.3) is 0 Å². The van der Waals surface area contributed by atoms with E-state index in [2.05, 4.69) is 5.32 Å². The number of hydrogen-bond donors (Lipinski definition) is 2. The fourth-order valence-corrected chi connectivity index (χ4v) is 1.63. The first-order valence-electron chi connectivity index (χ1n) is 5.32. The summed E-state index contributed by atoms with van der Waals surface area (Å²) in [6.45, 7) is 2.68. The summed E-state index contributed by atoms with van der Waals surface area (Å²) in [6.07, 6.45) is 3.49. The lowest BCUT2D eigenvalue weighted by molar-refractivity contribution is 0.0124. The number of rotatable bonds is 6. The third kappa shape index (κ3) is 4.91. The summed E-state index contributed by atoms with van der Waals surface area (Å²) in [5.74, 6) is 0. The molecule has 0 aliphatic carbocycles. The van der Waals surface area contributed by atoms with Crippen molar-refractivity contribution < 1.29 is 14.6 Å². The van der Waals surface area contributed by atoms with Gasteiger partial charge in [-0.15, -0.1) is 0 Å². The predicted molar refractivity (Wildman–Crippen MR) is 54.3 cm³/mol. The van der Waals surface area contributed by atoms with Crippen LogP contribution in [0.5, 0.6) is 0 Å². The van der Waals surface area contributed by atoms with E-state index >= 15 is 0 Å². The summed E-state index contributed by atoms with van der Waals surface area (Å²) in [5.41, 5.74) is 0. The number of nitrogens with one attached hydrogen (secondary N) is 1. The van der Waals surface area contributed by atoms with E-state index in [0.29, 0.717) is 19.3 Å². The Morgan fingerprint density at radius 3 is 3.07 bits per heavy atom. The summed E-state index contributed by atoms with van der Waals surface area (Å²) in [4.78, 5) is 0. The van der Waals surface area contributed by atoms with Crippen LogP contribution in [0.25, 0.3) is 0 Å². The molecule has 4 nitrogen and oxygen atoms in total. The zero-order valence-electron chi connectivity index (χ0n) is 8.87. The van der Waals surface area contributed by atoms with Crippen LogP contribution in [0, 0.1) is 0 Å². The second-order valence-electron chi connectivity index (χ2n) is 3.76. The largest absolute Gasteiger partial charge is 0.389 e. The maximum atomic E-state index is 9.35. The summed E-state index contributed by atoms with van der Waals surface area (Å²) in [7, 11) is 1.59. The molecule has 0 saturated carbocycles. The molecule has 0 aromatic carbocycles. The van der Waals surface area contributed by atoms with Crippen molar-refractivity contribution in [1.29, 1.82) is 0 Å². The molecule has 0 bridgehead atoms. The van der Waals surface area contributed by atoms with Gasteiger partial charge in [0, 0.05) is 26.8 Å². The van der Waals surface area contributed by atoms with E-state index in [-0.39, 0.29) is 0 Å². The van der Waals surface area contributed by atoms with Crippen molar-refractivity contribution in [2.45, 2.75) is 31.5 Å². The van der Waals surface area contributed by atoms with Crippen LogP contribution in [0.2, 0.25) is 0 Å². The van der Waals surface area contributed by atoms with E-state index in [9.17, 15) is 5.11 Å². The standard InChI is InChI=1S/C10H21NO3/c1-13-8-9(12)6-11-7-10-4-2-3-5-14-10/h9-12H,2-8H2,1H3. The molecule has 0 radical (unpaired) electrons. The van der Waals surface area contributed by atoms with Crippen molar-refractivity contribution >= 4 is 0 Å². The Balaban J connectivity index is 1.96. The van der Waals surface area contributed by atoms with Gasteiger partial charge < -0.3 is 19.9 Å². The Kier molecular flexibility index (Phi) is 6.10. The Morgan fingerprint density at radius 1 is 1.57 bits per heavy atom. The molecule has 0 aromatic heterocycles. The van der Waals surface area contributed by atoms with E-state index in [0.717, 1.165) is 19.6 Å². The topological polar surface area (TPSA) is 50.7 Å². The number of hydrogen-bond acceptors (Lipinski definition) is 4. The van der Waals surface area contributed by atoms with E-state index in [1.54, 1.807) is 7.11 Å². The molecule has 1 heterocycles. The molecule has 1 fully saturated rings. The average molecular weight is 203 g/mol. The minimum Gasteiger partial charge on any atom is -0.389 e. The summed E-state index contributed by atoms with van der Waals surface area (Å²) in [6, 6.07) is 0. The third-order valence-corrected chi connectivity index (χ3v) is 2.39. The van der Waals surface area contributed by atoms with Crippen molar-refractivity contribution in [3.63, 3.8) is 0 Å². The molecular weight excluding hydrogens is 182 g/mol. The van der Waals surface area contributed by atoms with Crippen molar-refractivity contribution in [3.05, 3.63) is 0 Å². The molecule has 0 amide bonds. The van der Waals surface area contributed by atoms with Crippen LogP contribution in [-0.2, 0) is 9.47 Å². The van der Waals surface area contributed by atoms with Crippen LogP contribution in [-0.4, -0.2) is 50.7 Å². The minimum absolute atomic E-state index is 0.332. The fraction of sp³-hybridized carbons (Fsp3) is 1.00. The van der Waals surface area contributed by atoms with Gasteiger partial charge in [-0.05, 0) is 19.3 Å². The highest BCUT2D eigenvalue weighted by Crippen LogP contribution is 2.11. The van der Waals surface area contributed by atoms with Gasteiger partial charge in [-0.25, -0.2) is 0 Å². The zero-order chi connectivity index (χ0) is 10.2. The van der Waals surface area contributed by atoms with Crippen LogP contribution < -0.4 is 5.32 Å². The first-order chi connectivity index (χ1) is 6.83. The van der Waals surface area contributed by atoms with E-state index < -0.39 is 6.10 Å². The quantitative estimate of drug-likeness (QED) is 0.645. The van der Waals surface area contributed by atoms with Gasteiger partial charge in [0.15, 0.2) is 0 Å². The Morgan fingerprint density at radius 2 is 2.43 bits per heavy atom. The molecule has 2 N–H and O–H groups in total. The molecule has 84 valence electrons. The highest BCUT2D eigenvalue weighted by atomic mass is 16.5. The van der Waals surface area contributed by atoms with Crippen LogP contribution in [0.3, 0.4) is 0 Å². The van der Waals surface area contributed by atoms with Crippen molar-refractivity contribution in [3.8, 4) is 0 Å². The fourth-order valence-electron chi connectivity index (χ4n) is 1.63. The maximum absolute atomic E-state index is 9.35. The summed E-state index contributed by atoms with van der Waals surface area (Å²) < 4.78 is 10.4. The SMILES string of the molecule is COCC(O)CNCC1CCCCO1. The van der Waals surface area contributed by atoms with E-state index in [4.69, 9.17) is 9.47 Å². The Hall–Kier alpha value is -0.160. The normalized spacial score (nSPS) is 24.9. The van der Waals surface area contributed by atoms with Crippen LogP contribution in [0.1, 0.15) is 19.3 Å². The zero-order valence-corrected chi connectivity index (χ0v) is 8.87. The number of aliphatic hydroxyl groups excluding tert-OH is 1. The number of ether oxygens (including phenoxy) is 2. The second kappa shape index (κ2) is 7.17. The van der Waals surface area contributed by atoms with Gasteiger partial charge in [0.1, 0.15) is 0 Å². The van der Waals surface area contributed by atoms with Gasteiger partial charge in [0.05, 0.1) is 18.8 Å². The molecular formula is C10H21NO3. The molecule has 4 heteroatoms. The maximum Gasteiger partial charge on any atom is 0.0897 e. The smallest absolute Gasteiger partial charge is 0.0897 e. The van der Waals surface area contributed by atoms with E-state index in [1.807, 2.05) is 0 Å². The van der Waals surface area contributed by atoms with Gasteiger partial charge >= 0.3 is 0 Å². The number of aliphatic hydroxyl groups is 1. The molecule has 0 aromatic rings. The minimum atomic E-state index is -0.413. The van der Waals surface area contributed by atoms with Crippen LogP contribution >= 0.6 is 0 Å². The molecule has 2 unspecified atom stereocenters. The van der Waals surface area contributed by atoms with Gasteiger partial charge in [-0.1, -0.05) is 0 Å². The molecule has 1 saturated heterocycles. The average Bonchev–Trinajstić information content (AvgIpc) is 2.20. The monoisotopic (exact) mass is 203 g/mol. The van der Waals surface area contributed by atoms with Crippen molar-refractivity contribution in [1.82, 2.24) is 5.32 Å². The lowest BCUT2D eigenvalue weighted by Gasteiger charge is -2.23. The number of methoxy groups -OCH3 is 1. The van der Waals surface area contributed by atoms with Gasteiger partial charge in [0.2, 0.25) is 0 Å². The van der Waals surface area contributed by atoms with Gasteiger partial charge in [-0.3, -0.25) is 0 Å². The summed E-state index contributed by atoms with van der Waals surface area (Å²) >= 11 is 0. The third-order valence-electron chi connectivity index (χ3n) is 2.39. The van der Waals surface area contributed by atoms with Crippen molar-refractivity contribution in [2.75, 3.05) is 33.4 Å². The second-order valence-corrected chi connectivity index (χ2v) is 3.76. The highest BCUT2D eigenvalue weighted by Gasteiger charge is 2.13. The predicted octanol–water partition coefficient (Wildman–Crippen LogP) is 0.152. The first-order valence-corrected chi connectivity index (χ1v) is 5.32. The highest BCUT2D eigenvalue weighted by molar-refractivity contribution is 4.67. The molecule has 14 heavy (non-hydrogen) atoms. The Labute approximate surface area is 85.6 Å². The molecule has 2 atom stereocenters. The lowest BCUT2D eigenvalue weighted by Crippen LogP contribution is -2.37. The Bertz CT molecular complexity index is 137. The first kappa shape index (κ1) is 11.9. The molecule has 1 aliphatic rings. The van der Waals surface area contributed by atoms with Crippen LogP contribution in [0.4, 0.5) is 0 Å². The molecule has 0 spiro atoms. The van der Waals surface area contributed by atoms with E-state index in [1.165, 1.54) is 12.8 Å². The molecule has 1 rings (SSSR count). The van der Waals surface area contributed by atoms with Gasteiger partial charge in [-0.2, -0.15) is 0 Å².